The smallest absolute Gasteiger partial charge is 0.227 e. The fourth-order valence-electron chi connectivity index (χ4n) is 2.54. The van der Waals surface area contributed by atoms with Crippen molar-refractivity contribution in [2.75, 3.05) is 5.32 Å². The summed E-state index contributed by atoms with van der Waals surface area (Å²) >= 11 is 0. The number of para-hydroxylation sites is 1. The maximum Gasteiger partial charge on any atom is 0.227 e. The number of aromatic nitrogens is 3. The first-order valence-corrected chi connectivity index (χ1v) is 6.98. The molecule has 1 aromatic carbocycles. The minimum absolute atomic E-state index is 0.0303. The summed E-state index contributed by atoms with van der Waals surface area (Å²) < 4.78 is 2.10. The van der Waals surface area contributed by atoms with E-state index in [1.54, 1.807) is 6.20 Å². The number of fused-ring (bicyclic) bond motifs is 1. The highest BCUT2D eigenvalue weighted by atomic mass is 16.1. The highest BCUT2D eigenvalue weighted by molar-refractivity contribution is 5.90. The zero-order chi connectivity index (χ0) is 14.8. The molecule has 0 spiro atoms. The number of rotatable bonds is 4. The Bertz CT molecular complexity index is 785. The average Bonchev–Trinajstić information content (AvgIpc) is 3.01. The summed E-state index contributed by atoms with van der Waals surface area (Å²) in [7, 11) is 2.03. The van der Waals surface area contributed by atoms with Gasteiger partial charge in [0.2, 0.25) is 11.9 Å². The molecule has 0 aliphatic heterocycles. The number of hydrogen-bond donors (Lipinski definition) is 2. The van der Waals surface area contributed by atoms with Crippen LogP contribution >= 0.6 is 0 Å². The van der Waals surface area contributed by atoms with Crippen LogP contribution in [0.15, 0.2) is 36.7 Å². The molecule has 0 atom stereocenters. The van der Waals surface area contributed by atoms with Crippen molar-refractivity contribution in [3.8, 4) is 0 Å². The number of imidazole rings is 1. The molecule has 5 heteroatoms. The van der Waals surface area contributed by atoms with Crippen LogP contribution in [0.4, 0.5) is 5.95 Å². The van der Waals surface area contributed by atoms with Gasteiger partial charge in [-0.3, -0.25) is 10.1 Å². The second-order valence-corrected chi connectivity index (χ2v) is 5.25. The van der Waals surface area contributed by atoms with Crippen molar-refractivity contribution in [3.05, 3.63) is 47.9 Å². The van der Waals surface area contributed by atoms with Crippen LogP contribution in [0.3, 0.4) is 0 Å². The topological polar surface area (TPSA) is 62.7 Å². The quantitative estimate of drug-likeness (QED) is 0.773. The van der Waals surface area contributed by atoms with Crippen LogP contribution in [-0.4, -0.2) is 20.4 Å². The summed E-state index contributed by atoms with van der Waals surface area (Å²) in [4.78, 5) is 19.0. The van der Waals surface area contributed by atoms with Gasteiger partial charge in [-0.05, 0) is 25.0 Å². The first-order valence-electron chi connectivity index (χ1n) is 6.98. The van der Waals surface area contributed by atoms with Gasteiger partial charge in [0.1, 0.15) is 0 Å². The van der Waals surface area contributed by atoms with Crippen molar-refractivity contribution in [1.29, 1.82) is 0 Å². The van der Waals surface area contributed by atoms with E-state index < -0.39 is 0 Å². The standard InChI is InChI=1S/C16H18N4O/c1-11-9-17-16(18-11)19-15(21)8-7-12-10-20(2)14-6-4-3-5-13(12)14/h3-6,9-10H,7-8H2,1-2H3,(H2,17,18,19,21). The summed E-state index contributed by atoms with van der Waals surface area (Å²) in [5.74, 6) is 0.479. The van der Waals surface area contributed by atoms with E-state index in [4.69, 9.17) is 0 Å². The largest absolute Gasteiger partial charge is 0.350 e. The van der Waals surface area contributed by atoms with E-state index in [9.17, 15) is 4.79 Å². The highest BCUT2D eigenvalue weighted by Gasteiger charge is 2.09. The van der Waals surface area contributed by atoms with Crippen LogP contribution in [0.2, 0.25) is 0 Å². The Hall–Kier alpha value is -2.56. The summed E-state index contributed by atoms with van der Waals surface area (Å²) in [6.45, 7) is 1.90. The second kappa shape index (κ2) is 5.44. The van der Waals surface area contributed by atoms with Gasteiger partial charge in [-0.1, -0.05) is 18.2 Å². The van der Waals surface area contributed by atoms with E-state index in [0.29, 0.717) is 18.8 Å². The van der Waals surface area contributed by atoms with E-state index in [1.165, 1.54) is 16.5 Å². The fraction of sp³-hybridized carbons (Fsp3) is 0.250. The number of H-pyrrole nitrogens is 1. The molecular formula is C16H18N4O. The summed E-state index contributed by atoms with van der Waals surface area (Å²) in [6.07, 6.45) is 4.94. The Morgan fingerprint density at radius 3 is 2.95 bits per heavy atom. The third kappa shape index (κ3) is 2.81. The van der Waals surface area contributed by atoms with E-state index in [1.807, 2.05) is 26.1 Å². The Morgan fingerprint density at radius 1 is 1.38 bits per heavy atom. The predicted molar refractivity (Wildman–Crippen MR) is 83.2 cm³/mol. The van der Waals surface area contributed by atoms with E-state index >= 15 is 0 Å². The molecule has 3 rings (SSSR count). The maximum absolute atomic E-state index is 12.0. The van der Waals surface area contributed by atoms with Crippen LogP contribution in [-0.2, 0) is 18.3 Å². The first-order chi connectivity index (χ1) is 10.1. The summed E-state index contributed by atoms with van der Waals surface area (Å²) in [5.41, 5.74) is 3.31. The molecule has 0 saturated carbocycles. The lowest BCUT2D eigenvalue weighted by Gasteiger charge is -2.01. The maximum atomic E-state index is 12.0. The Labute approximate surface area is 123 Å². The van der Waals surface area contributed by atoms with Crippen molar-refractivity contribution in [2.24, 2.45) is 7.05 Å². The molecule has 2 aromatic heterocycles. The average molecular weight is 282 g/mol. The molecule has 2 heterocycles. The van der Waals surface area contributed by atoms with Gasteiger partial charge in [-0.2, -0.15) is 0 Å². The van der Waals surface area contributed by atoms with Crippen LogP contribution < -0.4 is 5.32 Å². The lowest BCUT2D eigenvalue weighted by molar-refractivity contribution is -0.116. The lowest BCUT2D eigenvalue weighted by atomic mass is 10.1. The molecule has 0 saturated heterocycles. The second-order valence-electron chi connectivity index (χ2n) is 5.25. The third-order valence-corrected chi connectivity index (χ3v) is 3.56. The summed E-state index contributed by atoms with van der Waals surface area (Å²) in [5, 5.41) is 3.99. The molecule has 2 N–H and O–H groups in total. The Morgan fingerprint density at radius 2 is 2.19 bits per heavy atom. The minimum Gasteiger partial charge on any atom is -0.350 e. The molecule has 5 nitrogen and oxygen atoms in total. The van der Waals surface area contributed by atoms with Gasteiger partial charge < -0.3 is 9.55 Å². The van der Waals surface area contributed by atoms with E-state index in [0.717, 1.165) is 5.69 Å². The van der Waals surface area contributed by atoms with Gasteiger partial charge in [-0.15, -0.1) is 0 Å². The van der Waals surface area contributed by atoms with Gasteiger partial charge in [0, 0.05) is 42.5 Å². The third-order valence-electron chi connectivity index (χ3n) is 3.56. The zero-order valence-corrected chi connectivity index (χ0v) is 12.2. The Kier molecular flexibility index (Phi) is 3.48. The van der Waals surface area contributed by atoms with Gasteiger partial charge in [0.25, 0.3) is 0 Å². The van der Waals surface area contributed by atoms with Gasteiger partial charge >= 0.3 is 0 Å². The zero-order valence-electron chi connectivity index (χ0n) is 12.2. The molecule has 0 unspecified atom stereocenters. The molecule has 0 bridgehead atoms. The number of anilines is 1. The number of carbonyl (C=O) groups excluding carboxylic acids is 1. The van der Waals surface area contributed by atoms with Crippen LogP contribution in [0.1, 0.15) is 17.7 Å². The molecule has 0 fully saturated rings. The number of amides is 1. The number of hydrogen-bond acceptors (Lipinski definition) is 2. The molecule has 0 aliphatic rings. The van der Waals surface area contributed by atoms with Crippen molar-refractivity contribution in [1.82, 2.24) is 14.5 Å². The van der Waals surface area contributed by atoms with Gasteiger partial charge in [0.15, 0.2) is 0 Å². The normalized spacial score (nSPS) is 11.0. The van der Waals surface area contributed by atoms with Gasteiger partial charge in [-0.25, -0.2) is 4.98 Å². The van der Waals surface area contributed by atoms with Crippen LogP contribution in [0.5, 0.6) is 0 Å². The van der Waals surface area contributed by atoms with Crippen molar-refractivity contribution in [3.63, 3.8) is 0 Å². The van der Waals surface area contributed by atoms with E-state index in [2.05, 4.69) is 38.2 Å². The number of nitrogens with zero attached hydrogens (tertiary/aromatic N) is 2. The predicted octanol–water partition coefficient (Wildman–Crippen LogP) is 2.78. The fourth-order valence-corrected chi connectivity index (χ4v) is 2.54. The number of aromatic amines is 1. The van der Waals surface area contributed by atoms with Crippen molar-refractivity contribution in [2.45, 2.75) is 19.8 Å². The molecule has 1 amide bonds. The molecule has 21 heavy (non-hydrogen) atoms. The highest BCUT2D eigenvalue weighted by Crippen LogP contribution is 2.21. The minimum atomic E-state index is -0.0303. The monoisotopic (exact) mass is 282 g/mol. The lowest BCUT2D eigenvalue weighted by Crippen LogP contribution is -2.13. The Balaban J connectivity index is 1.67. The molecule has 108 valence electrons. The number of carbonyl (C=O) groups is 1. The van der Waals surface area contributed by atoms with Crippen molar-refractivity contribution >= 4 is 22.8 Å². The molecule has 0 radical (unpaired) electrons. The van der Waals surface area contributed by atoms with Gasteiger partial charge in [0.05, 0.1) is 0 Å². The summed E-state index contributed by atoms with van der Waals surface area (Å²) in [6, 6.07) is 8.23. The SMILES string of the molecule is Cc1cnc(NC(=O)CCc2cn(C)c3ccccc23)[nH]1. The van der Waals surface area contributed by atoms with E-state index in [-0.39, 0.29) is 5.91 Å². The number of nitrogens with one attached hydrogen (secondary N) is 2. The number of aryl methyl sites for hydroxylation is 3. The first kappa shape index (κ1) is 13.4. The molecule has 3 aromatic rings. The van der Waals surface area contributed by atoms with Crippen LogP contribution in [0.25, 0.3) is 10.9 Å². The van der Waals surface area contributed by atoms with Crippen LogP contribution in [0, 0.1) is 6.92 Å². The van der Waals surface area contributed by atoms with Crippen molar-refractivity contribution < 1.29 is 4.79 Å². The molecular weight excluding hydrogens is 264 g/mol. The number of benzene rings is 1. The molecule has 0 aliphatic carbocycles.